The van der Waals surface area contributed by atoms with Crippen molar-refractivity contribution in [1.29, 1.82) is 0 Å². The third-order valence-corrected chi connectivity index (χ3v) is 3.66. The Morgan fingerprint density at radius 2 is 1.84 bits per heavy atom. The molecule has 4 nitrogen and oxygen atoms in total. The third kappa shape index (κ3) is 2.94. The molecule has 6 heteroatoms. The van der Waals surface area contributed by atoms with E-state index in [0.29, 0.717) is 0 Å². The Morgan fingerprint density at radius 1 is 1.21 bits per heavy atom. The van der Waals surface area contributed by atoms with Gasteiger partial charge in [0.2, 0.25) is 0 Å². The van der Waals surface area contributed by atoms with Crippen LogP contribution in [0.15, 0.2) is 6.07 Å². The molecule has 2 rings (SSSR count). The van der Waals surface area contributed by atoms with Gasteiger partial charge in [-0.3, -0.25) is 0 Å². The minimum absolute atomic E-state index is 0.00667. The van der Waals surface area contributed by atoms with Crippen LogP contribution in [0.2, 0.25) is 0 Å². The zero-order valence-corrected chi connectivity index (χ0v) is 11.0. The fourth-order valence-corrected chi connectivity index (χ4v) is 2.53. The van der Waals surface area contributed by atoms with Gasteiger partial charge in [0, 0.05) is 13.1 Å². The molecule has 1 aromatic heterocycles. The van der Waals surface area contributed by atoms with Gasteiger partial charge in [-0.15, -0.1) is 0 Å². The van der Waals surface area contributed by atoms with Crippen molar-refractivity contribution in [3.8, 4) is 0 Å². The van der Waals surface area contributed by atoms with E-state index in [1.165, 1.54) is 7.05 Å². The van der Waals surface area contributed by atoms with Gasteiger partial charge in [-0.2, -0.15) is 0 Å². The molecule has 1 saturated carbocycles. The van der Waals surface area contributed by atoms with Gasteiger partial charge in [-0.05, 0) is 12.8 Å². The van der Waals surface area contributed by atoms with Gasteiger partial charge in [0.05, 0.1) is 12.1 Å². The van der Waals surface area contributed by atoms with Crippen molar-refractivity contribution in [3.05, 3.63) is 17.7 Å². The van der Waals surface area contributed by atoms with Gasteiger partial charge in [0.25, 0.3) is 0 Å². The molecule has 0 radical (unpaired) electrons. The molecule has 3 N–H and O–H groups in total. The Hall–Kier alpha value is -1.43. The number of halogens is 2. The molecule has 1 aliphatic rings. The molecule has 0 saturated heterocycles. The summed E-state index contributed by atoms with van der Waals surface area (Å²) in [7, 11) is 1.52. The Balaban J connectivity index is 2.26. The zero-order valence-electron chi connectivity index (χ0n) is 11.0. The van der Waals surface area contributed by atoms with Crippen molar-refractivity contribution in [3.63, 3.8) is 0 Å². The zero-order chi connectivity index (χ0) is 13.9. The number of nitrogens with one attached hydrogen (secondary N) is 2. The van der Waals surface area contributed by atoms with Crippen LogP contribution in [0.5, 0.6) is 0 Å². The van der Waals surface area contributed by atoms with Crippen LogP contribution in [0, 0.1) is 11.6 Å². The number of hydrogen-bond donors (Lipinski definition) is 3. The number of anilines is 2. The first-order valence-electron chi connectivity index (χ1n) is 6.53. The normalized spacial score (nSPS) is 18.1. The van der Waals surface area contributed by atoms with Crippen LogP contribution in [0.3, 0.4) is 0 Å². The van der Waals surface area contributed by atoms with Crippen molar-refractivity contribution in [2.75, 3.05) is 24.3 Å². The van der Waals surface area contributed by atoms with Gasteiger partial charge in [0.15, 0.2) is 23.3 Å². The maximum Gasteiger partial charge on any atom is 0.168 e. The minimum atomic E-state index is -0.741. The second kappa shape index (κ2) is 5.69. The maximum absolute atomic E-state index is 13.8. The fraction of sp³-hybridized carbons (Fsp3) is 0.615. The number of hydrogen-bond acceptors (Lipinski definition) is 4. The molecule has 0 unspecified atom stereocenters. The number of pyridine rings is 1. The summed E-state index contributed by atoms with van der Waals surface area (Å²) in [5, 5.41) is 15.1. The number of aromatic nitrogens is 1. The Bertz CT molecular complexity index is 448. The highest BCUT2D eigenvalue weighted by molar-refractivity contribution is 5.48. The van der Waals surface area contributed by atoms with Crippen molar-refractivity contribution in [1.82, 2.24) is 4.98 Å². The highest BCUT2D eigenvalue weighted by Gasteiger charge is 2.32. The molecule has 0 atom stereocenters. The summed E-state index contributed by atoms with van der Waals surface area (Å²) < 4.78 is 27.1. The summed E-state index contributed by atoms with van der Waals surface area (Å²) in [5.74, 6) is -1.49. The Morgan fingerprint density at radius 3 is 2.42 bits per heavy atom. The van der Waals surface area contributed by atoms with E-state index in [2.05, 4.69) is 15.6 Å². The second-order valence-electron chi connectivity index (χ2n) is 5.02. The lowest BCUT2D eigenvalue weighted by molar-refractivity contribution is 0.172. The Kier molecular flexibility index (Phi) is 4.19. The predicted molar refractivity (Wildman–Crippen MR) is 70.2 cm³/mol. The van der Waals surface area contributed by atoms with Crippen LogP contribution in [-0.2, 0) is 0 Å². The minimum Gasteiger partial charge on any atom is -0.394 e. The molecule has 0 aliphatic heterocycles. The number of rotatable bonds is 4. The van der Waals surface area contributed by atoms with Crippen LogP contribution >= 0.6 is 0 Å². The second-order valence-corrected chi connectivity index (χ2v) is 5.02. The van der Waals surface area contributed by atoms with Crippen molar-refractivity contribution in [2.45, 2.75) is 37.6 Å². The van der Waals surface area contributed by atoms with E-state index < -0.39 is 17.2 Å². The largest absolute Gasteiger partial charge is 0.394 e. The molecule has 1 heterocycles. The van der Waals surface area contributed by atoms with Crippen molar-refractivity contribution in [2.24, 2.45) is 0 Å². The molecule has 0 amide bonds. The quantitative estimate of drug-likeness (QED) is 0.787. The summed E-state index contributed by atoms with van der Waals surface area (Å²) in [6, 6.07) is 0.801. The molecule has 0 spiro atoms. The molecule has 106 valence electrons. The van der Waals surface area contributed by atoms with E-state index in [-0.39, 0.29) is 18.2 Å². The first-order chi connectivity index (χ1) is 9.10. The number of aliphatic hydroxyl groups excluding tert-OH is 1. The molecule has 1 fully saturated rings. The van der Waals surface area contributed by atoms with Gasteiger partial charge < -0.3 is 15.7 Å². The number of nitrogens with zero attached hydrogens (tertiary/aromatic N) is 1. The van der Waals surface area contributed by atoms with Crippen molar-refractivity contribution >= 4 is 11.6 Å². The van der Waals surface area contributed by atoms with E-state index in [4.69, 9.17) is 0 Å². The standard InChI is InChI=1S/C13H19F2N3O/c1-16-11-9(14)7-10(15)12(17-11)18-13(8-19)5-3-2-4-6-13/h7,19H,2-6,8H2,1H3,(H2,16,17,18). The average Bonchev–Trinajstić information content (AvgIpc) is 2.43. The van der Waals surface area contributed by atoms with Gasteiger partial charge in [0.1, 0.15) is 0 Å². The summed E-state index contributed by atoms with van der Waals surface area (Å²) in [4.78, 5) is 3.89. The molecular formula is C13H19F2N3O. The SMILES string of the molecule is CNc1nc(NC2(CO)CCCCC2)c(F)cc1F. The summed E-state index contributed by atoms with van der Waals surface area (Å²) in [6.45, 7) is -0.0830. The van der Waals surface area contributed by atoms with Crippen LogP contribution in [0.4, 0.5) is 20.4 Å². The van der Waals surface area contributed by atoms with Crippen LogP contribution in [0.1, 0.15) is 32.1 Å². The van der Waals surface area contributed by atoms with Crippen LogP contribution in [0.25, 0.3) is 0 Å². The molecule has 1 aromatic rings. The molecule has 0 bridgehead atoms. The van der Waals surface area contributed by atoms with Crippen molar-refractivity contribution < 1.29 is 13.9 Å². The lowest BCUT2D eigenvalue weighted by atomic mass is 9.82. The topological polar surface area (TPSA) is 57.2 Å². The molecule has 1 aliphatic carbocycles. The fourth-order valence-electron chi connectivity index (χ4n) is 2.53. The van der Waals surface area contributed by atoms with Crippen LogP contribution < -0.4 is 10.6 Å². The predicted octanol–water partition coefficient (Wildman–Crippen LogP) is 2.51. The van der Waals surface area contributed by atoms with E-state index in [1.807, 2.05) is 0 Å². The summed E-state index contributed by atoms with van der Waals surface area (Å²) >= 11 is 0. The first-order valence-corrected chi connectivity index (χ1v) is 6.53. The highest BCUT2D eigenvalue weighted by Crippen LogP contribution is 2.32. The monoisotopic (exact) mass is 271 g/mol. The average molecular weight is 271 g/mol. The highest BCUT2D eigenvalue weighted by atomic mass is 19.1. The first kappa shape index (κ1) is 14.0. The molecule has 19 heavy (non-hydrogen) atoms. The lowest BCUT2D eigenvalue weighted by Gasteiger charge is -2.37. The van der Waals surface area contributed by atoms with E-state index in [1.54, 1.807) is 0 Å². The lowest BCUT2D eigenvalue weighted by Crippen LogP contribution is -2.44. The number of aliphatic hydroxyl groups is 1. The summed E-state index contributed by atoms with van der Waals surface area (Å²) in [6.07, 6.45) is 4.60. The molecular weight excluding hydrogens is 252 g/mol. The van der Waals surface area contributed by atoms with E-state index >= 15 is 0 Å². The molecule has 0 aromatic carbocycles. The van der Waals surface area contributed by atoms with E-state index in [9.17, 15) is 13.9 Å². The smallest absolute Gasteiger partial charge is 0.168 e. The van der Waals surface area contributed by atoms with E-state index in [0.717, 1.165) is 38.2 Å². The Labute approximate surface area is 111 Å². The third-order valence-electron chi connectivity index (χ3n) is 3.66. The van der Waals surface area contributed by atoms with Gasteiger partial charge >= 0.3 is 0 Å². The van der Waals surface area contributed by atoms with Gasteiger partial charge in [-0.1, -0.05) is 19.3 Å². The van der Waals surface area contributed by atoms with Crippen LogP contribution in [-0.4, -0.2) is 29.3 Å². The maximum atomic E-state index is 13.8. The summed E-state index contributed by atoms with van der Waals surface area (Å²) in [5.41, 5.74) is -0.547. The van der Waals surface area contributed by atoms with Gasteiger partial charge in [-0.25, -0.2) is 13.8 Å².